The van der Waals surface area contributed by atoms with Crippen molar-refractivity contribution in [1.82, 2.24) is 15.2 Å². The average Bonchev–Trinajstić information content (AvgIpc) is 3.25. The molecule has 33 heavy (non-hydrogen) atoms. The summed E-state index contributed by atoms with van der Waals surface area (Å²) < 4.78 is 57.7. The summed E-state index contributed by atoms with van der Waals surface area (Å²) in [5.74, 6) is -2.44. The van der Waals surface area contributed by atoms with Gasteiger partial charge >= 0.3 is 6.18 Å². The summed E-state index contributed by atoms with van der Waals surface area (Å²) in [6.45, 7) is -0.750. The monoisotopic (exact) mass is 469 g/mol. The Morgan fingerprint density at radius 3 is 2.42 bits per heavy atom. The predicted molar refractivity (Wildman–Crippen MR) is 111 cm³/mol. The molecule has 0 saturated carbocycles. The lowest BCUT2D eigenvalue weighted by Gasteiger charge is -2.16. The molecule has 1 unspecified atom stereocenters. The number of pyridine rings is 1. The smallest absolute Gasteiger partial charge is 0.376 e. The van der Waals surface area contributed by atoms with E-state index in [1.807, 2.05) is 0 Å². The van der Waals surface area contributed by atoms with Gasteiger partial charge in [0.1, 0.15) is 23.5 Å². The molecule has 0 spiro atoms. The lowest BCUT2D eigenvalue weighted by Crippen LogP contribution is -2.39. The van der Waals surface area contributed by atoms with Crippen LogP contribution in [0.2, 0.25) is 0 Å². The van der Waals surface area contributed by atoms with Crippen molar-refractivity contribution < 1.29 is 31.9 Å². The number of hydrogen-bond donors (Lipinski definition) is 2. The third-order valence-electron chi connectivity index (χ3n) is 5.04. The zero-order valence-corrected chi connectivity index (χ0v) is 17.6. The Balaban J connectivity index is 1.79. The minimum Gasteiger partial charge on any atom is -0.376 e. The van der Waals surface area contributed by atoms with Gasteiger partial charge in [-0.05, 0) is 37.0 Å². The number of nitrogens with one attached hydrogen (secondary N) is 2. The molecule has 1 aliphatic rings. The number of benzene rings is 1. The number of amides is 2. The molecular weight excluding hydrogens is 446 g/mol. The highest BCUT2D eigenvalue weighted by molar-refractivity contribution is 5.99. The van der Waals surface area contributed by atoms with Crippen molar-refractivity contribution in [3.8, 4) is 0 Å². The van der Waals surface area contributed by atoms with Gasteiger partial charge in [-0.15, -0.1) is 0 Å². The molecule has 178 valence electrons. The lowest BCUT2D eigenvalue weighted by atomic mass is 10.1. The highest BCUT2D eigenvalue weighted by Crippen LogP contribution is 2.15. The largest absolute Gasteiger partial charge is 0.405 e. The van der Waals surface area contributed by atoms with Gasteiger partial charge in [0.15, 0.2) is 0 Å². The third kappa shape index (κ3) is 7.14. The second-order valence-corrected chi connectivity index (χ2v) is 7.68. The number of nitrogens with zero attached hydrogens (tertiary/aromatic N) is 1. The van der Waals surface area contributed by atoms with Crippen LogP contribution in [0.25, 0.3) is 0 Å². The molecule has 7 nitrogen and oxygen atoms in total. The quantitative estimate of drug-likeness (QED) is 0.582. The van der Waals surface area contributed by atoms with Crippen LogP contribution >= 0.6 is 0 Å². The van der Waals surface area contributed by atoms with Gasteiger partial charge in [0.05, 0.1) is 6.10 Å². The Morgan fingerprint density at radius 1 is 1.12 bits per heavy atom. The topological polar surface area (TPSA) is 89.4 Å². The van der Waals surface area contributed by atoms with Crippen molar-refractivity contribution in [2.24, 2.45) is 0 Å². The summed E-state index contributed by atoms with van der Waals surface area (Å²) in [6.07, 6.45) is -0.630. The van der Waals surface area contributed by atoms with Crippen molar-refractivity contribution >= 4 is 11.8 Å². The maximum absolute atomic E-state index is 13.3. The van der Waals surface area contributed by atoms with Gasteiger partial charge in [-0.2, -0.15) is 13.2 Å². The highest BCUT2D eigenvalue weighted by atomic mass is 19.4. The first-order chi connectivity index (χ1) is 15.6. The molecule has 1 fully saturated rings. The maximum Gasteiger partial charge on any atom is 0.405 e. The van der Waals surface area contributed by atoms with E-state index in [2.05, 4.69) is 5.32 Å². The molecule has 1 saturated heterocycles. The number of aromatic nitrogens is 1. The molecule has 0 radical (unpaired) electrons. The zero-order valence-electron chi connectivity index (χ0n) is 17.6. The number of halogens is 4. The molecule has 2 N–H and O–H groups in total. The molecule has 1 aliphatic heterocycles. The molecule has 0 aliphatic carbocycles. The maximum atomic E-state index is 13.3. The standard InChI is InChI=1S/C22H23F4N3O4/c23-15-4-1-3-14(9-15)6-7-27-20(31)17-11-29(10-16-5-2-8-33-16)12-18(19(17)30)21(32)28-13-22(24,25)26/h1,3-4,9,11-12,16H,2,5-8,10,13H2,(H,27,31)(H,28,32). The molecule has 11 heteroatoms. The minimum atomic E-state index is -4.65. The van der Waals surface area contributed by atoms with E-state index in [9.17, 15) is 31.9 Å². The summed E-state index contributed by atoms with van der Waals surface area (Å²) >= 11 is 0. The Kier molecular flexibility index (Phi) is 7.85. The van der Waals surface area contributed by atoms with E-state index in [4.69, 9.17) is 4.74 Å². The molecule has 1 aromatic carbocycles. The van der Waals surface area contributed by atoms with Gasteiger partial charge in [-0.3, -0.25) is 14.4 Å². The lowest BCUT2D eigenvalue weighted by molar-refractivity contribution is -0.123. The van der Waals surface area contributed by atoms with Crippen LogP contribution in [0, 0.1) is 5.82 Å². The van der Waals surface area contributed by atoms with Gasteiger partial charge in [0, 0.05) is 32.1 Å². The first-order valence-corrected chi connectivity index (χ1v) is 10.4. The van der Waals surface area contributed by atoms with Crippen molar-refractivity contribution in [2.75, 3.05) is 19.7 Å². The normalized spacial score (nSPS) is 15.9. The van der Waals surface area contributed by atoms with Crippen LogP contribution in [0.1, 0.15) is 39.1 Å². The Morgan fingerprint density at radius 2 is 1.82 bits per heavy atom. The molecule has 2 aromatic rings. The van der Waals surface area contributed by atoms with Crippen molar-refractivity contribution in [1.29, 1.82) is 0 Å². The van der Waals surface area contributed by atoms with Crippen LogP contribution in [0.5, 0.6) is 0 Å². The van der Waals surface area contributed by atoms with Crippen LogP contribution in [0.4, 0.5) is 17.6 Å². The summed E-state index contributed by atoms with van der Waals surface area (Å²) in [7, 11) is 0. The Labute approximate surface area is 186 Å². The summed E-state index contributed by atoms with van der Waals surface area (Å²) in [5, 5.41) is 4.19. The van der Waals surface area contributed by atoms with Crippen LogP contribution in [0.3, 0.4) is 0 Å². The SMILES string of the molecule is O=C(NCCc1cccc(F)c1)c1cn(CC2CCCO2)cc(C(=O)NCC(F)(F)F)c1=O. The van der Waals surface area contributed by atoms with Crippen LogP contribution in [-0.2, 0) is 17.7 Å². The minimum absolute atomic E-state index is 0.0813. The van der Waals surface area contributed by atoms with E-state index >= 15 is 0 Å². The fourth-order valence-corrected chi connectivity index (χ4v) is 3.47. The van der Waals surface area contributed by atoms with E-state index in [1.54, 1.807) is 11.4 Å². The molecule has 2 heterocycles. The average molecular weight is 469 g/mol. The Bertz CT molecular complexity index is 1060. The molecule has 1 atom stereocenters. The summed E-state index contributed by atoms with van der Waals surface area (Å²) in [5.41, 5.74) is -1.31. The van der Waals surface area contributed by atoms with Crippen LogP contribution < -0.4 is 16.1 Å². The van der Waals surface area contributed by atoms with Crippen LogP contribution in [-0.4, -0.2) is 48.4 Å². The fraction of sp³-hybridized carbons (Fsp3) is 0.409. The van der Waals surface area contributed by atoms with Crippen molar-refractivity contribution in [2.45, 2.75) is 38.1 Å². The van der Waals surface area contributed by atoms with E-state index in [0.717, 1.165) is 19.0 Å². The molecular formula is C22H23F4N3O4. The summed E-state index contributed by atoms with van der Waals surface area (Å²) in [4.78, 5) is 37.7. The second kappa shape index (κ2) is 10.6. The highest BCUT2D eigenvalue weighted by Gasteiger charge is 2.29. The third-order valence-corrected chi connectivity index (χ3v) is 5.04. The number of carbonyl (C=O) groups excluding carboxylic acids is 2. The van der Waals surface area contributed by atoms with Crippen molar-refractivity contribution in [3.63, 3.8) is 0 Å². The number of carbonyl (C=O) groups is 2. The van der Waals surface area contributed by atoms with Crippen LogP contribution in [0.15, 0.2) is 41.5 Å². The predicted octanol–water partition coefficient (Wildman–Crippen LogP) is 2.43. The summed E-state index contributed by atoms with van der Waals surface area (Å²) in [6, 6.07) is 5.80. The Hall–Kier alpha value is -3.21. The van der Waals surface area contributed by atoms with Gasteiger partial charge in [-0.25, -0.2) is 4.39 Å². The first kappa shape index (κ1) is 24.4. The number of hydrogen-bond acceptors (Lipinski definition) is 4. The van der Waals surface area contributed by atoms with E-state index in [-0.39, 0.29) is 24.8 Å². The number of rotatable bonds is 8. The van der Waals surface area contributed by atoms with Crippen molar-refractivity contribution in [3.05, 3.63) is 69.4 Å². The molecule has 1 aromatic heterocycles. The second-order valence-electron chi connectivity index (χ2n) is 7.68. The molecule has 2 amide bonds. The molecule has 3 rings (SSSR count). The van der Waals surface area contributed by atoms with E-state index < -0.39 is 41.3 Å². The van der Waals surface area contributed by atoms with E-state index in [0.29, 0.717) is 18.6 Å². The zero-order chi connectivity index (χ0) is 24.0. The van der Waals surface area contributed by atoms with Gasteiger partial charge in [0.2, 0.25) is 5.43 Å². The fourth-order valence-electron chi connectivity index (χ4n) is 3.47. The van der Waals surface area contributed by atoms with Gasteiger partial charge in [0.25, 0.3) is 11.8 Å². The first-order valence-electron chi connectivity index (χ1n) is 10.4. The van der Waals surface area contributed by atoms with E-state index in [1.165, 1.54) is 29.0 Å². The van der Waals surface area contributed by atoms with Gasteiger partial charge in [-0.1, -0.05) is 12.1 Å². The van der Waals surface area contributed by atoms with Gasteiger partial charge < -0.3 is 19.9 Å². The molecule has 0 bridgehead atoms. The number of ether oxygens (including phenoxy) is 1. The number of alkyl halides is 3.